The van der Waals surface area contributed by atoms with E-state index in [2.05, 4.69) is 56.2 Å². The first kappa shape index (κ1) is 25.7. The summed E-state index contributed by atoms with van der Waals surface area (Å²) in [7, 11) is 0. The molecule has 5 nitrogen and oxygen atoms in total. The molecule has 0 unspecified atom stereocenters. The number of aliphatic hydroxyl groups excluding tert-OH is 1. The summed E-state index contributed by atoms with van der Waals surface area (Å²) in [5.74, 6) is 1.44. The van der Waals surface area contributed by atoms with Crippen LogP contribution in [0.5, 0.6) is 5.75 Å². The van der Waals surface area contributed by atoms with Gasteiger partial charge in [-0.05, 0) is 66.4 Å². The first-order chi connectivity index (χ1) is 15.9. The number of amides is 1. The molecule has 0 radical (unpaired) electrons. The number of carbonyl (C=O) groups is 1. The highest BCUT2D eigenvalue weighted by atomic mass is 32.1. The van der Waals surface area contributed by atoms with Crippen LogP contribution in [0.3, 0.4) is 0 Å². The maximum atomic E-state index is 13.4. The van der Waals surface area contributed by atoms with Gasteiger partial charge < -0.3 is 14.7 Å². The number of benzene rings is 1. The van der Waals surface area contributed by atoms with Gasteiger partial charge in [0.1, 0.15) is 12.4 Å². The molecule has 1 aromatic carbocycles. The van der Waals surface area contributed by atoms with E-state index in [0.717, 1.165) is 38.0 Å². The fourth-order valence-electron chi connectivity index (χ4n) is 4.55. The van der Waals surface area contributed by atoms with Crippen molar-refractivity contribution >= 4 is 17.2 Å². The zero-order valence-electron chi connectivity index (χ0n) is 20.6. The van der Waals surface area contributed by atoms with E-state index in [4.69, 9.17) is 4.74 Å². The number of aliphatic hydroxyl groups is 1. The van der Waals surface area contributed by atoms with Crippen LogP contribution in [0, 0.1) is 0 Å². The second-order valence-corrected chi connectivity index (χ2v) is 10.4. The molecule has 3 rings (SSSR count). The van der Waals surface area contributed by atoms with E-state index < -0.39 is 0 Å². The number of nitrogens with zero attached hydrogens (tertiary/aromatic N) is 2. The molecule has 0 aliphatic carbocycles. The molecule has 1 aliphatic rings. The lowest BCUT2D eigenvalue weighted by Crippen LogP contribution is -2.47. The number of carbonyl (C=O) groups excluding carboxylic acids is 1. The second kappa shape index (κ2) is 12.5. The van der Waals surface area contributed by atoms with Gasteiger partial charge in [0, 0.05) is 18.0 Å². The predicted molar refractivity (Wildman–Crippen MR) is 136 cm³/mol. The van der Waals surface area contributed by atoms with Gasteiger partial charge in [0.05, 0.1) is 18.7 Å². The number of thiophene rings is 1. The number of hydrogen-bond donors (Lipinski definition) is 1. The molecule has 182 valence electrons. The van der Waals surface area contributed by atoms with Gasteiger partial charge in [-0.15, -0.1) is 11.3 Å². The molecule has 0 bridgehead atoms. The number of rotatable bonds is 12. The molecular formula is C27H40N2O3S. The highest BCUT2D eigenvalue weighted by Gasteiger charge is 2.33. The van der Waals surface area contributed by atoms with Crippen molar-refractivity contribution in [1.82, 2.24) is 9.80 Å². The molecule has 33 heavy (non-hydrogen) atoms. The SMILES string of the molecule is CCC[C@H](O)CN(CCC)CC(=O)N1CCc2sccc2[C@@H]1COc1ccc(C(C)C)cc1. The molecule has 0 fully saturated rings. The van der Waals surface area contributed by atoms with Crippen molar-refractivity contribution in [2.75, 3.05) is 32.8 Å². The maximum absolute atomic E-state index is 13.4. The molecule has 2 heterocycles. The highest BCUT2D eigenvalue weighted by Crippen LogP contribution is 2.34. The lowest BCUT2D eigenvalue weighted by atomic mass is 10.00. The Morgan fingerprint density at radius 1 is 1.21 bits per heavy atom. The van der Waals surface area contributed by atoms with Crippen LogP contribution in [-0.2, 0) is 11.2 Å². The van der Waals surface area contributed by atoms with Crippen molar-refractivity contribution < 1.29 is 14.6 Å². The Morgan fingerprint density at radius 3 is 2.64 bits per heavy atom. The Balaban J connectivity index is 1.70. The van der Waals surface area contributed by atoms with Crippen molar-refractivity contribution in [3.8, 4) is 5.75 Å². The smallest absolute Gasteiger partial charge is 0.237 e. The van der Waals surface area contributed by atoms with Crippen LogP contribution in [0.2, 0.25) is 0 Å². The zero-order chi connectivity index (χ0) is 23.8. The van der Waals surface area contributed by atoms with E-state index in [1.165, 1.54) is 16.0 Å². The van der Waals surface area contributed by atoms with Gasteiger partial charge in [-0.1, -0.05) is 46.2 Å². The van der Waals surface area contributed by atoms with Gasteiger partial charge in [0.25, 0.3) is 0 Å². The summed E-state index contributed by atoms with van der Waals surface area (Å²) in [4.78, 5) is 18.9. The lowest BCUT2D eigenvalue weighted by molar-refractivity contribution is -0.136. The summed E-state index contributed by atoms with van der Waals surface area (Å²) in [6, 6.07) is 10.3. The summed E-state index contributed by atoms with van der Waals surface area (Å²) >= 11 is 1.77. The minimum Gasteiger partial charge on any atom is -0.491 e. The summed E-state index contributed by atoms with van der Waals surface area (Å²) in [6.45, 7) is 11.4. The zero-order valence-corrected chi connectivity index (χ0v) is 21.4. The topological polar surface area (TPSA) is 53.0 Å². The molecular weight excluding hydrogens is 432 g/mol. The average Bonchev–Trinajstić information content (AvgIpc) is 3.27. The van der Waals surface area contributed by atoms with Gasteiger partial charge >= 0.3 is 0 Å². The van der Waals surface area contributed by atoms with Gasteiger partial charge in [0.15, 0.2) is 0 Å². The fraction of sp³-hybridized carbons (Fsp3) is 0.593. The van der Waals surface area contributed by atoms with Gasteiger partial charge in [-0.3, -0.25) is 9.69 Å². The van der Waals surface area contributed by atoms with Crippen molar-refractivity contribution in [2.24, 2.45) is 0 Å². The average molecular weight is 473 g/mol. The van der Waals surface area contributed by atoms with Crippen molar-refractivity contribution in [3.63, 3.8) is 0 Å². The third-order valence-corrected chi connectivity index (χ3v) is 7.36. The van der Waals surface area contributed by atoms with E-state index in [1.807, 2.05) is 17.0 Å². The standard InChI is InChI=1S/C27H40N2O3S/c1-5-7-22(30)17-28(14-6-2)18-27(31)29-15-12-26-24(13-16-33-26)25(29)19-32-23-10-8-21(9-11-23)20(3)4/h8-11,13,16,20,22,25,30H,5-7,12,14-15,17-19H2,1-4H3/t22-,25-/m0/s1. The highest BCUT2D eigenvalue weighted by molar-refractivity contribution is 7.10. The first-order valence-electron chi connectivity index (χ1n) is 12.4. The number of ether oxygens (including phenoxy) is 1. The number of fused-ring (bicyclic) bond motifs is 1. The maximum Gasteiger partial charge on any atom is 0.237 e. The van der Waals surface area contributed by atoms with Crippen LogP contribution in [0.15, 0.2) is 35.7 Å². The van der Waals surface area contributed by atoms with Gasteiger partial charge in [-0.25, -0.2) is 0 Å². The molecule has 0 saturated carbocycles. The minimum atomic E-state index is -0.382. The molecule has 1 amide bonds. The molecule has 1 aromatic heterocycles. The number of hydrogen-bond acceptors (Lipinski definition) is 5. The third-order valence-electron chi connectivity index (χ3n) is 6.36. The Labute approximate surface area is 203 Å². The van der Waals surface area contributed by atoms with Gasteiger partial charge in [-0.2, -0.15) is 0 Å². The van der Waals surface area contributed by atoms with Crippen molar-refractivity contribution in [1.29, 1.82) is 0 Å². The quantitative estimate of drug-likeness (QED) is 0.458. The molecule has 0 spiro atoms. The van der Waals surface area contributed by atoms with Crippen LogP contribution < -0.4 is 4.74 Å². The predicted octanol–water partition coefficient (Wildman–Crippen LogP) is 5.25. The largest absolute Gasteiger partial charge is 0.491 e. The summed E-state index contributed by atoms with van der Waals surface area (Å²) in [5.41, 5.74) is 2.50. The lowest BCUT2D eigenvalue weighted by Gasteiger charge is -2.37. The molecule has 1 aliphatic heterocycles. The Hall–Kier alpha value is -1.89. The molecule has 1 N–H and O–H groups in total. The Kier molecular flexibility index (Phi) is 9.78. The minimum absolute atomic E-state index is 0.0821. The summed E-state index contributed by atoms with van der Waals surface area (Å²) in [5, 5.41) is 12.4. The van der Waals surface area contributed by atoms with Gasteiger partial charge in [0.2, 0.25) is 5.91 Å². The van der Waals surface area contributed by atoms with E-state index in [9.17, 15) is 9.90 Å². The van der Waals surface area contributed by atoms with Crippen LogP contribution in [0.4, 0.5) is 0 Å². The Bertz CT molecular complexity index is 865. The normalized spacial score (nSPS) is 16.8. The summed E-state index contributed by atoms with van der Waals surface area (Å²) < 4.78 is 6.19. The van der Waals surface area contributed by atoms with E-state index in [-0.39, 0.29) is 18.1 Å². The molecule has 0 saturated heterocycles. The van der Waals surface area contributed by atoms with E-state index in [1.54, 1.807) is 11.3 Å². The summed E-state index contributed by atoms with van der Waals surface area (Å²) in [6.07, 6.45) is 3.18. The van der Waals surface area contributed by atoms with Crippen LogP contribution in [0.1, 0.15) is 74.9 Å². The van der Waals surface area contributed by atoms with Crippen molar-refractivity contribution in [3.05, 3.63) is 51.7 Å². The third kappa shape index (κ3) is 7.05. The fourth-order valence-corrected chi connectivity index (χ4v) is 5.48. The molecule has 2 atom stereocenters. The first-order valence-corrected chi connectivity index (χ1v) is 13.3. The van der Waals surface area contributed by atoms with Crippen LogP contribution in [0.25, 0.3) is 0 Å². The van der Waals surface area contributed by atoms with E-state index in [0.29, 0.717) is 32.2 Å². The van der Waals surface area contributed by atoms with Crippen LogP contribution in [-0.4, -0.2) is 59.7 Å². The second-order valence-electron chi connectivity index (χ2n) is 9.36. The van der Waals surface area contributed by atoms with Crippen LogP contribution >= 0.6 is 11.3 Å². The van der Waals surface area contributed by atoms with E-state index >= 15 is 0 Å². The molecule has 2 aromatic rings. The Morgan fingerprint density at radius 2 is 1.97 bits per heavy atom. The monoisotopic (exact) mass is 472 g/mol. The molecule has 6 heteroatoms. The van der Waals surface area contributed by atoms with Crippen molar-refractivity contribution in [2.45, 2.75) is 71.4 Å².